The molecule has 260 valence electrons. The average molecular weight is 691 g/mol. The van der Waals surface area contributed by atoms with E-state index in [-0.39, 0.29) is 55.0 Å². The Morgan fingerprint density at radius 2 is 1.82 bits per heavy atom. The van der Waals surface area contributed by atoms with E-state index in [1.165, 1.54) is 22.7 Å². The number of ether oxygens (including phenoxy) is 3. The molecule has 5 atom stereocenters. The molecule has 0 aliphatic carbocycles. The Labute approximate surface area is 285 Å². The third-order valence-corrected chi connectivity index (χ3v) is 10.6. The van der Waals surface area contributed by atoms with Crippen LogP contribution in [0.5, 0.6) is 5.88 Å². The van der Waals surface area contributed by atoms with Gasteiger partial charge in [-0.3, -0.25) is 4.99 Å². The number of nitrogens with zero attached hydrogens (tertiary/aromatic N) is 2. The molecule has 1 amide bonds. The van der Waals surface area contributed by atoms with Crippen molar-refractivity contribution in [3.8, 4) is 5.88 Å². The molecular formula is C36H42N4O8S. The van der Waals surface area contributed by atoms with E-state index in [0.717, 1.165) is 12.0 Å². The van der Waals surface area contributed by atoms with E-state index in [2.05, 4.69) is 15.3 Å². The number of fused-ring (bicyclic) bond motifs is 2. The van der Waals surface area contributed by atoms with Crippen molar-refractivity contribution < 1.29 is 37.6 Å². The lowest BCUT2D eigenvalue weighted by molar-refractivity contribution is -0.0907. The van der Waals surface area contributed by atoms with Crippen molar-refractivity contribution in [1.82, 2.24) is 14.6 Å². The van der Waals surface area contributed by atoms with Crippen LogP contribution in [0.4, 0.5) is 10.5 Å². The lowest BCUT2D eigenvalue weighted by Crippen LogP contribution is -2.51. The summed E-state index contributed by atoms with van der Waals surface area (Å²) in [6, 6.07) is 22.2. The molecule has 2 aliphatic heterocycles. The summed E-state index contributed by atoms with van der Waals surface area (Å²) in [6.07, 6.45) is -0.437. The monoisotopic (exact) mass is 690 g/mol. The summed E-state index contributed by atoms with van der Waals surface area (Å²) in [5.41, 5.74) is 2.41. The summed E-state index contributed by atoms with van der Waals surface area (Å²) in [5, 5.41) is 25.6. The summed E-state index contributed by atoms with van der Waals surface area (Å²) in [5.74, 6) is -0.273. The first kappa shape index (κ1) is 34.6. The van der Waals surface area contributed by atoms with E-state index >= 15 is 0 Å². The number of aliphatic hydroxyl groups is 1. The number of aliphatic hydroxyl groups excluding tert-OH is 1. The molecule has 4 aromatic rings. The number of nitrogens with one attached hydrogen (secondary N) is 2. The van der Waals surface area contributed by atoms with Gasteiger partial charge in [-0.1, -0.05) is 62.4 Å². The summed E-state index contributed by atoms with van der Waals surface area (Å²) in [7, 11) is -4.16. The third-order valence-electron chi connectivity index (χ3n) is 8.80. The third kappa shape index (κ3) is 8.14. The van der Waals surface area contributed by atoms with Crippen LogP contribution in [0, 0.1) is 11.8 Å². The number of aliphatic imine (C=N–C) groups is 1. The molecule has 6 rings (SSSR count). The van der Waals surface area contributed by atoms with Crippen LogP contribution in [0.1, 0.15) is 31.4 Å². The minimum Gasteiger partial charge on any atom is -0.494 e. The standard InChI is InChI=1S/C36H42N4O8S/c1-23(2)20-40(49(44,45)26-13-14-30-28(18-26)29(34(42)38-30)19-37-25-11-7-4-8-12-25)21-32(41)31(17-24-9-5-3-6-10-24)39-36(43)48-33-22-47-35-27(33)15-16-46-35/h3-14,18-19,23,27,31-33,35,38,41-42H,15-17,20-22H2,1-2H3,(H,39,43)/t27?,31-,32+,33-,35?/m0/s1. The number of aromatic nitrogens is 1. The molecule has 1 aromatic heterocycles. The fourth-order valence-electron chi connectivity index (χ4n) is 6.31. The number of hydrogen-bond donors (Lipinski definition) is 4. The normalized spacial score (nSPS) is 20.6. The van der Waals surface area contributed by atoms with Gasteiger partial charge in [0.1, 0.15) is 6.10 Å². The van der Waals surface area contributed by atoms with Crippen molar-refractivity contribution in [3.05, 3.63) is 90.0 Å². The van der Waals surface area contributed by atoms with Gasteiger partial charge in [-0.05, 0) is 54.7 Å². The first-order valence-corrected chi connectivity index (χ1v) is 17.9. The summed E-state index contributed by atoms with van der Waals surface area (Å²) >= 11 is 0. The van der Waals surface area contributed by atoms with Gasteiger partial charge in [0, 0.05) is 30.2 Å². The predicted octanol–water partition coefficient (Wildman–Crippen LogP) is 4.73. The summed E-state index contributed by atoms with van der Waals surface area (Å²) < 4.78 is 46.6. The second-order valence-electron chi connectivity index (χ2n) is 12.9. The predicted molar refractivity (Wildman–Crippen MR) is 184 cm³/mol. The van der Waals surface area contributed by atoms with Gasteiger partial charge in [-0.25, -0.2) is 13.2 Å². The van der Waals surface area contributed by atoms with Crippen molar-refractivity contribution in [2.45, 2.75) is 56.1 Å². The van der Waals surface area contributed by atoms with E-state index in [1.54, 1.807) is 6.07 Å². The number of carbonyl (C=O) groups is 1. The number of aromatic amines is 1. The zero-order chi connectivity index (χ0) is 34.5. The van der Waals surface area contributed by atoms with E-state index in [0.29, 0.717) is 28.8 Å². The minimum absolute atomic E-state index is 0.0113. The summed E-state index contributed by atoms with van der Waals surface area (Å²) in [6.45, 7) is 4.36. The van der Waals surface area contributed by atoms with Gasteiger partial charge in [0.25, 0.3) is 0 Å². The Bertz CT molecular complexity index is 1870. The lowest BCUT2D eigenvalue weighted by Gasteiger charge is -2.31. The van der Waals surface area contributed by atoms with E-state index in [1.807, 2.05) is 74.5 Å². The molecule has 3 aromatic carbocycles. The molecule has 13 heteroatoms. The number of rotatable bonds is 13. The molecule has 2 aliphatic rings. The Morgan fingerprint density at radius 1 is 1.08 bits per heavy atom. The molecule has 2 saturated heterocycles. The number of carbonyl (C=O) groups excluding carboxylic acids is 1. The Morgan fingerprint density at radius 3 is 2.55 bits per heavy atom. The fourth-order valence-corrected chi connectivity index (χ4v) is 7.95. The molecule has 3 heterocycles. The number of para-hydroxylation sites is 1. The van der Waals surface area contributed by atoms with Crippen LogP contribution in [0.25, 0.3) is 10.9 Å². The molecule has 0 radical (unpaired) electrons. The van der Waals surface area contributed by atoms with E-state index in [9.17, 15) is 23.4 Å². The quantitative estimate of drug-likeness (QED) is 0.146. The van der Waals surface area contributed by atoms with Gasteiger partial charge in [0.05, 0.1) is 47.4 Å². The van der Waals surface area contributed by atoms with Gasteiger partial charge in [0.15, 0.2) is 12.2 Å². The lowest BCUT2D eigenvalue weighted by atomic mass is 10.0. The van der Waals surface area contributed by atoms with Crippen molar-refractivity contribution in [2.24, 2.45) is 16.8 Å². The molecule has 2 fully saturated rings. The second-order valence-corrected chi connectivity index (χ2v) is 14.8. The molecule has 0 bridgehead atoms. The van der Waals surface area contributed by atoms with Crippen LogP contribution in [0.2, 0.25) is 0 Å². The van der Waals surface area contributed by atoms with Crippen LogP contribution >= 0.6 is 0 Å². The van der Waals surface area contributed by atoms with Crippen molar-refractivity contribution in [2.75, 3.05) is 26.3 Å². The zero-order valence-corrected chi connectivity index (χ0v) is 28.3. The second kappa shape index (κ2) is 15.1. The average Bonchev–Trinajstić information content (AvgIpc) is 3.79. The molecule has 0 saturated carbocycles. The first-order valence-electron chi connectivity index (χ1n) is 16.4. The highest BCUT2D eigenvalue weighted by molar-refractivity contribution is 7.89. The number of amides is 1. The molecular weight excluding hydrogens is 648 g/mol. The SMILES string of the molecule is CC(C)CN(C[C@@H](O)[C@H](Cc1ccccc1)NC(=O)O[C@H]1COC2OCCC21)S(=O)(=O)c1ccc2[nH]c(O)c(C=Nc3ccccc3)c2c1. The first-order chi connectivity index (χ1) is 23.6. The molecule has 12 nitrogen and oxygen atoms in total. The Balaban J connectivity index is 1.24. The molecule has 49 heavy (non-hydrogen) atoms. The van der Waals surface area contributed by atoms with Gasteiger partial charge < -0.3 is 34.7 Å². The van der Waals surface area contributed by atoms with Crippen molar-refractivity contribution in [3.63, 3.8) is 0 Å². The van der Waals surface area contributed by atoms with E-state index in [4.69, 9.17) is 14.2 Å². The number of aromatic hydroxyl groups is 1. The number of H-pyrrole nitrogens is 1. The number of sulfonamides is 1. The molecule has 4 N–H and O–H groups in total. The van der Waals surface area contributed by atoms with Gasteiger partial charge >= 0.3 is 6.09 Å². The van der Waals surface area contributed by atoms with E-state index < -0.39 is 34.4 Å². The van der Waals surface area contributed by atoms with Crippen LogP contribution in [0.15, 0.2) is 88.8 Å². The zero-order valence-electron chi connectivity index (χ0n) is 27.4. The summed E-state index contributed by atoms with van der Waals surface area (Å²) in [4.78, 5) is 20.5. The fraction of sp³-hybridized carbons (Fsp3) is 0.389. The molecule has 0 spiro atoms. The van der Waals surface area contributed by atoms with Crippen molar-refractivity contribution in [1.29, 1.82) is 0 Å². The maximum absolute atomic E-state index is 14.3. The van der Waals surface area contributed by atoms with Gasteiger partial charge in [-0.2, -0.15) is 4.31 Å². The smallest absolute Gasteiger partial charge is 0.407 e. The van der Waals surface area contributed by atoms with Crippen LogP contribution in [-0.2, 0) is 30.7 Å². The topological polar surface area (TPSA) is 163 Å². The van der Waals surface area contributed by atoms with Crippen LogP contribution in [-0.4, -0.2) is 91.1 Å². The highest BCUT2D eigenvalue weighted by Gasteiger charge is 2.44. The minimum atomic E-state index is -4.16. The number of hydrogen-bond acceptors (Lipinski definition) is 9. The molecule has 2 unspecified atom stereocenters. The Hall–Kier alpha value is -4.27. The maximum Gasteiger partial charge on any atom is 0.407 e. The van der Waals surface area contributed by atoms with Crippen molar-refractivity contribution >= 4 is 38.9 Å². The maximum atomic E-state index is 14.3. The number of benzene rings is 3. The highest BCUT2D eigenvalue weighted by atomic mass is 32.2. The van der Waals surface area contributed by atoms with Gasteiger partial charge in [0.2, 0.25) is 10.0 Å². The Kier molecular flexibility index (Phi) is 10.7. The van der Waals surface area contributed by atoms with Crippen LogP contribution < -0.4 is 5.32 Å². The number of alkyl carbamates (subject to hydrolysis) is 1. The highest BCUT2D eigenvalue weighted by Crippen LogP contribution is 2.33. The van der Waals surface area contributed by atoms with Gasteiger partial charge in [-0.15, -0.1) is 0 Å². The largest absolute Gasteiger partial charge is 0.494 e. The van der Waals surface area contributed by atoms with Crippen LogP contribution in [0.3, 0.4) is 0 Å².